The largest absolute Gasteiger partial charge is 0.309 e. The second-order valence-electron chi connectivity index (χ2n) is 16.3. The molecular weight excluding hydrogens is 687 g/mol. The highest BCUT2D eigenvalue weighted by molar-refractivity contribution is 6.09. The summed E-state index contributed by atoms with van der Waals surface area (Å²) in [6.45, 7) is 4.76. The lowest BCUT2D eigenvalue weighted by atomic mass is 9.70. The van der Waals surface area contributed by atoms with E-state index in [2.05, 4.69) is 219 Å². The first-order chi connectivity index (χ1) is 28.1. The molecular formula is C56H39N. The zero-order valence-corrected chi connectivity index (χ0v) is 32.0. The van der Waals surface area contributed by atoms with Crippen LogP contribution in [0.5, 0.6) is 0 Å². The van der Waals surface area contributed by atoms with Gasteiger partial charge in [-0.1, -0.05) is 196 Å². The van der Waals surface area contributed by atoms with Crippen molar-refractivity contribution >= 4 is 27.8 Å². The van der Waals surface area contributed by atoms with Crippen molar-refractivity contribution in [2.24, 2.45) is 0 Å². The van der Waals surface area contributed by atoms with Crippen LogP contribution >= 0.6 is 0 Å². The summed E-state index contributed by atoms with van der Waals surface area (Å²) in [6.07, 6.45) is 0. The van der Waals surface area contributed by atoms with Crippen molar-refractivity contribution in [2.75, 3.05) is 4.90 Å². The lowest BCUT2D eigenvalue weighted by Crippen LogP contribution is -2.26. The molecule has 3 aliphatic carbocycles. The number of para-hydroxylation sites is 1. The predicted octanol–water partition coefficient (Wildman–Crippen LogP) is 14.6. The summed E-state index contributed by atoms with van der Waals surface area (Å²) in [4.78, 5) is 2.59. The fourth-order valence-corrected chi connectivity index (χ4v) is 11.0. The van der Waals surface area contributed by atoms with E-state index in [-0.39, 0.29) is 5.41 Å². The average Bonchev–Trinajstić information content (AvgIpc) is 3.84. The zero-order valence-electron chi connectivity index (χ0n) is 32.0. The van der Waals surface area contributed by atoms with E-state index in [9.17, 15) is 0 Å². The van der Waals surface area contributed by atoms with Gasteiger partial charge in [0.05, 0.1) is 22.5 Å². The van der Waals surface area contributed by atoms with E-state index in [1.165, 1.54) is 100 Å². The third-order valence-corrected chi connectivity index (χ3v) is 13.3. The number of nitrogens with zero attached hydrogens (tertiary/aromatic N) is 1. The van der Waals surface area contributed by atoms with Gasteiger partial charge in [-0.3, -0.25) is 0 Å². The minimum atomic E-state index is -0.476. The second-order valence-corrected chi connectivity index (χ2v) is 16.3. The van der Waals surface area contributed by atoms with Crippen LogP contribution in [0.3, 0.4) is 0 Å². The molecule has 0 aromatic heterocycles. The van der Waals surface area contributed by atoms with Gasteiger partial charge in [-0.25, -0.2) is 0 Å². The Hall–Kier alpha value is -6.96. The quantitative estimate of drug-likeness (QED) is 0.175. The molecule has 0 aliphatic heterocycles. The van der Waals surface area contributed by atoms with Crippen LogP contribution in [0.1, 0.15) is 47.2 Å². The normalized spacial score (nSPS) is 16.1. The monoisotopic (exact) mass is 725 g/mol. The van der Waals surface area contributed by atoms with E-state index in [1.54, 1.807) is 0 Å². The Morgan fingerprint density at radius 2 is 0.789 bits per heavy atom. The van der Waals surface area contributed by atoms with Crippen molar-refractivity contribution in [1.82, 2.24) is 0 Å². The van der Waals surface area contributed by atoms with Gasteiger partial charge in [0.15, 0.2) is 0 Å². The van der Waals surface area contributed by atoms with Crippen molar-refractivity contribution in [1.29, 1.82) is 0 Å². The van der Waals surface area contributed by atoms with Crippen LogP contribution in [0, 0.1) is 0 Å². The Labute approximate surface area is 334 Å². The molecule has 3 aliphatic rings. The zero-order chi connectivity index (χ0) is 37.9. The van der Waals surface area contributed by atoms with Gasteiger partial charge in [0.1, 0.15) is 0 Å². The van der Waals surface area contributed by atoms with Crippen molar-refractivity contribution in [3.63, 3.8) is 0 Å². The van der Waals surface area contributed by atoms with Gasteiger partial charge in [-0.2, -0.15) is 0 Å². The standard InChI is InChI=1S/C56H39N/c1-55(2)43-26-12-8-23-40(43)53-46(55)29-16-32-50(53)57(49-31-15-11-21-38(49)36-18-4-3-5-19-36)51-33-17-30-47-54(51)42-25-10-14-28-45(42)56(47)44-27-13-9-24-41(44)52-39-22-7-6-20-37(39)34-35-48(52)56/h3-35H,1-2H3. The molecule has 0 N–H and O–H groups in total. The molecule has 268 valence electrons. The number of hydrogen-bond donors (Lipinski definition) is 0. The van der Waals surface area contributed by atoms with Crippen LogP contribution in [0.15, 0.2) is 200 Å². The van der Waals surface area contributed by atoms with Gasteiger partial charge >= 0.3 is 0 Å². The third kappa shape index (κ3) is 4.18. The first-order valence-corrected chi connectivity index (χ1v) is 20.1. The molecule has 0 heterocycles. The Morgan fingerprint density at radius 3 is 1.51 bits per heavy atom. The Kier molecular flexibility index (Phi) is 6.67. The van der Waals surface area contributed by atoms with Gasteiger partial charge in [-0.15, -0.1) is 0 Å². The maximum absolute atomic E-state index is 2.59. The molecule has 1 atom stereocenters. The topological polar surface area (TPSA) is 3.24 Å². The lowest BCUT2D eigenvalue weighted by molar-refractivity contribution is 0.660. The maximum Gasteiger partial charge on any atom is 0.0726 e. The number of benzene rings is 9. The third-order valence-electron chi connectivity index (χ3n) is 13.3. The van der Waals surface area contributed by atoms with Crippen LogP contribution < -0.4 is 4.90 Å². The van der Waals surface area contributed by atoms with Crippen LogP contribution in [0.4, 0.5) is 17.1 Å². The van der Waals surface area contributed by atoms with Crippen LogP contribution in [-0.2, 0) is 10.8 Å². The van der Waals surface area contributed by atoms with E-state index in [4.69, 9.17) is 0 Å². The molecule has 1 unspecified atom stereocenters. The fraction of sp³-hybridized carbons (Fsp3) is 0.0714. The minimum Gasteiger partial charge on any atom is -0.309 e. The average molecular weight is 726 g/mol. The van der Waals surface area contributed by atoms with Crippen molar-refractivity contribution in [3.05, 3.63) is 234 Å². The second kappa shape index (κ2) is 11.8. The molecule has 9 aromatic rings. The van der Waals surface area contributed by atoms with Crippen LogP contribution in [0.25, 0.3) is 55.3 Å². The molecule has 1 heteroatoms. The van der Waals surface area contributed by atoms with Crippen molar-refractivity contribution in [3.8, 4) is 44.5 Å². The molecule has 0 saturated carbocycles. The SMILES string of the molecule is CC1(C)c2ccccc2-c2c(N(c3ccccc3-c3ccccc3)c3cccc4c3-c3ccccc3C43c4ccccc4-c4c3ccc3ccccc43)cccc21. The van der Waals surface area contributed by atoms with Crippen LogP contribution in [-0.4, -0.2) is 0 Å². The maximum atomic E-state index is 2.59. The van der Waals surface area contributed by atoms with Gasteiger partial charge in [0.2, 0.25) is 0 Å². The molecule has 9 aromatic carbocycles. The molecule has 0 amide bonds. The van der Waals surface area contributed by atoms with Gasteiger partial charge in [-0.05, 0) is 90.2 Å². The summed E-state index contributed by atoms with van der Waals surface area (Å²) in [5.74, 6) is 0. The molecule has 1 nitrogen and oxygen atoms in total. The van der Waals surface area contributed by atoms with Crippen molar-refractivity contribution < 1.29 is 0 Å². The van der Waals surface area contributed by atoms with Crippen LogP contribution in [0.2, 0.25) is 0 Å². The molecule has 0 radical (unpaired) electrons. The highest BCUT2D eigenvalue weighted by atomic mass is 15.2. The predicted molar refractivity (Wildman–Crippen MR) is 238 cm³/mol. The first kappa shape index (κ1) is 32.3. The first-order valence-electron chi connectivity index (χ1n) is 20.1. The Bertz CT molecular complexity index is 3110. The summed E-state index contributed by atoms with van der Waals surface area (Å²) in [5.41, 5.74) is 21.3. The van der Waals surface area contributed by atoms with E-state index in [1.807, 2.05) is 0 Å². The summed E-state index contributed by atoms with van der Waals surface area (Å²) in [6, 6.07) is 74.9. The summed E-state index contributed by atoms with van der Waals surface area (Å²) in [7, 11) is 0. The minimum absolute atomic E-state index is 0.137. The summed E-state index contributed by atoms with van der Waals surface area (Å²) < 4.78 is 0. The van der Waals surface area contributed by atoms with E-state index in [0.29, 0.717) is 0 Å². The number of anilines is 3. The Balaban J connectivity index is 1.22. The summed E-state index contributed by atoms with van der Waals surface area (Å²) >= 11 is 0. The van der Waals surface area contributed by atoms with E-state index in [0.717, 1.165) is 5.69 Å². The smallest absolute Gasteiger partial charge is 0.0726 e. The van der Waals surface area contributed by atoms with Crippen molar-refractivity contribution in [2.45, 2.75) is 24.7 Å². The number of hydrogen-bond acceptors (Lipinski definition) is 1. The number of rotatable bonds is 4. The van der Waals surface area contributed by atoms with Gasteiger partial charge < -0.3 is 4.90 Å². The number of fused-ring (bicyclic) bond motifs is 15. The summed E-state index contributed by atoms with van der Waals surface area (Å²) in [5, 5.41) is 2.58. The molecule has 0 saturated heterocycles. The highest BCUT2D eigenvalue weighted by Crippen LogP contribution is 2.66. The highest BCUT2D eigenvalue weighted by Gasteiger charge is 2.53. The van der Waals surface area contributed by atoms with E-state index < -0.39 is 5.41 Å². The molecule has 12 rings (SSSR count). The Morgan fingerprint density at radius 1 is 0.316 bits per heavy atom. The van der Waals surface area contributed by atoms with Gasteiger partial charge in [0.25, 0.3) is 0 Å². The fourth-order valence-electron chi connectivity index (χ4n) is 11.0. The molecule has 0 fully saturated rings. The molecule has 0 bridgehead atoms. The molecule has 1 spiro atoms. The molecule has 57 heavy (non-hydrogen) atoms. The van der Waals surface area contributed by atoms with E-state index >= 15 is 0 Å². The van der Waals surface area contributed by atoms with Gasteiger partial charge in [0, 0.05) is 22.1 Å². The lowest BCUT2D eigenvalue weighted by Gasteiger charge is -2.33.